The Bertz CT molecular complexity index is 511. The Morgan fingerprint density at radius 3 is 2.50 bits per heavy atom. The number of hydrogen-bond donors (Lipinski definition) is 2. The van der Waals surface area contributed by atoms with Crippen LogP contribution in [-0.2, 0) is 0 Å². The molecule has 1 aliphatic rings. The number of nitrogens with two attached hydrogens (primary N) is 1. The molecular formula is C14H19Cl2N3O. The molecule has 1 saturated heterocycles. The zero-order valence-electron chi connectivity index (χ0n) is 11.6. The lowest BCUT2D eigenvalue weighted by Crippen LogP contribution is -2.54. The van der Waals surface area contributed by atoms with Crippen molar-refractivity contribution in [2.75, 3.05) is 5.73 Å². The Kier molecular flexibility index (Phi) is 4.78. The number of carbonyl (C=O) groups excluding carboxylic acids is 1. The van der Waals surface area contributed by atoms with Gasteiger partial charge in [0.15, 0.2) is 0 Å². The summed E-state index contributed by atoms with van der Waals surface area (Å²) in [5, 5.41) is 2.51. The summed E-state index contributed by atoms with van der Waals surface area (Å²) in [7, 11) is 0. The van der Waals surface area contributed by atoms with Gasteiger partial charge in [-0.2, -0.15) is 0 Å². The number of benzene rings is 1. The quantitative estimate of drug-likeness (QED) is 0.821. The summed E-state index contributed by atoms with van der Waals surface area (Å²) in [6, 6.07) is 3.69. The molecule has 2 unspecified atom stereocenters. The number of hydrazine groups is 1. The molecule has 6 heteroatoms. The van der Waals surface area contributed by atoms with Crippen molar-refractivity contribution < 1.29 is 4.79 Å². The highest BCUT2D eigenvalue weighted by Crippen LogP contribution is 2.29. The zero-order valence-corrected chi connectivity index (χ0v) is 13.1. The molecule has 20 heavy (non-hydrogen) atoms. The lowest BCUT2D eigenvalue weighted by atomic mass is 10.00. The second-order valence-electron chi connectivity index (χ2n) is 5.34. The maximum atomic E-state index is 12.4. The standard InChI is InChI=1S/C14H19Cl2N3O/c1-8-4-3-5-9(2)19(8)18-14(20)11-6-10(17)7-12(15)13(11)16/h6-9H,3-5,17H2,1-2H3,(H,18,20). The number of piperidine rings is 1. The van der Waals surface area contributed by atoms with E-state index in [0.29, 0.717) is 23.3 Å². The van der Waals surface area contributed by atoms with Crippen molar-refractivity contribution in [2.24, 2.45) is 0 Å². The Morgan fingerprint density at radius 1 is 1.30 bits per heavy atom. The molecule has 2 atom stereocenters. The van der Waals surface area contributed by atoms with E-state index in [-0.39, 0.29) is 16.0 Å². The highest BCUT2D eigenvalue weighted by Gasteiger charge is 2.27. The first-order valence-corrected chi connectivity index (χ1v) is 7.49. The molecule has 2 rings (SSSR count). The van der Waals surface area contributed by atoms with E-state index < -0.39 is 0 Å². The Balaban J connectivity index is 2.20. The van der Waals surface area contributed by atoms with E-state index >= 15 is 0 Å². The minimum absolute atomic E-state index is 0.232. The van der Waals surface area contributed by atoms with Crippen molar-refractivity contribution >= 4 is 34.8 Å². The molecule has 0 aromatic heterocycles. The van der Waals surface area contributed by atoms with Crippen LogP contribution in [-0.4, -0.2) is 23.0 Å². The van der Waals surface area contributed by atoms with Crippen LogP contribution in [0.5, 0.6) is 0 Å². The van der Waals surface area contributed by atoms with Crippen LogP contribution in [0.3, 0.4) is 0 Å². The molecule has 1 fully saturated rings. The lowest BCUT2D eigenvalue weighted by molar-refractivity contribution is 0.0370. The predicted octanol–water partition coefficient (Wildman–Crippen LogP) is 3.48. The minimum atomic E-state index is -0.273. The largest absolute Gasteiger partial charge is 0.399 e. The summed E-state index contributed by atoms with van der Waals surface area (Å²) in [6.07, 6.45) is 3.31. The average Bonchev–Trinajstić information content (AvgIpc) is 2.38. The van der Waals surface area contributed by atoms with E-state index in [0.717, 1.165) is 12.8 Å². The molecule has 0 spiro atoms. The fourth-order valence-corrected chi connectivity index (χ4v) is 3.02. The number of halogens is 2. The fourth-order valence-electron chi connectivity index (χ4n) is 2.59. The van der Waals surface area contributed by atoms with Crippen molar-refractivity contribution in [1.82, 2.24) is 10.4 Å². The second kappa shape index (κ2) is 6.20. The second-order valence-corrected chi connectivity index (χ2v) is 6.13. The number of nitrogen functional groups attached to an aromatic ring is 1. The van der Waals surface area contributed by atoms with Crippen LogP contribution < -0.4 is 11.2 Å². The van der Waals surface area contributed by atoms with Crippen LogP contribution in [0.25, 0.3) is 0 Å². The molecule has 110 valence electrons. The first kappa shape index (κ1) is 15.4. The lowest BCUT2D eigenvalue weighted by Gasteiger charge is -2.38. The number of hydrogen-bond acceptors (Lipinski definition) is 3. The van der Waals surface area contributed by atoms with Gasteiger partial charge in [0.1, 0.15) is 0 Å². The molecule has 0 aliphatic carbocycles. The SMILES string of the molecule is CC1CCCC(C)N1NC(=O)c1cc(N)cc(Cl)c1Cl. The topological polar surface area (TPSA) is 58.4 Å². The number of anilines is 1. The van der Waals surface area contributed by atoms with E-state index in [1.807, 2.05) is 5.01 Å². The molecule has 0 radical (unpaired) electrons. The molecule has 1 heterocycles. The average molecular weight is 316 g/mol. The molecule has 3 N–H and O–H groups in total. The third-order valence-corrected chi connectivity index (χ3v) is 4.52. The minimum Gasteiger partial charge on any atom is -0.399 e. The number of nitrogens with zero attached hydrogens (tertiary/aromatic N) is 1. The van der Waals surface area contributed by atoms with E-state index in [9.17, 15) is 4.79 Å². The Morgan fingerprint density at radius 2 is 1.90 bits per heavy atom. The van der Waals surface area contributed by atoms with Crippen molar-refractivity contribution in [3.63, 3.8) is 0 Å². The fraction of sp³-hybridized carbons (Fsp3) is 0.500. The number of rotatable bonds is 2. The molecule has 1 aromatic carbocycles. The summed E-state index contributed by atoms with van der Waals surface area (Å²) in [4.78, 5) is 12.4. The van der Waals surface area contributed by atoms with Crippen molar-refractivity contribution in [3.8, 4) is 0 Å². The molecule has 0 saturated carbocycles. The Hall–Kier alpha value is -0.970. The predicted molar refractivity (Wildman–Crippen MR) is 83.0 cm³/mol. The van der Waals surface area contributed by atoms with Gasteiger partial charge in [0.05, 0.1) is 15.6 Å². The maximum absolute atomic E-state index is 12.4. The number of nitrogens with one attached hydrogen (secondary N) is 1. The van der Waals surface area contributed by atoms with Crippen LogP contribution in [0.4, 0.5) is 5.69 Å². The number of carbonyl (C=O) groups is 1. The van der Waals surface area contributed by atoms with Crippen molar-refractivity contribution in [2.45, 2.75) is 45.2 Å². The molecular weight excluding hydrogens is 297 g/mol. The molecule has 4 nitrogen and oxygen atoms in total. The van der Waals surface area contributed by atoms with Gasteiger partial charge >= 0.3 is 0 Å². The molecule has 1 amide bonds. The maximum Gasteiger partial charge on any atom is 0.267 e. The smallest absolute Gasteiger partial charge is 0.267 e. The van der Waals surface area contributed by atoms with Gasteiger partial charge in [0.25, 0.3) is 5.91 Å². The monoisotopic (exact) mass is 315 g/mol. The summed E-state index contributed by atoms with van der Waals surface area (Å²) < 4.78 is 0. The summed E-state index contributed by atoms with van der Waals surface area (Å²) in [5.41, 5.74) is 9.37. The van der Waals surface area contributed by atoms with Gasteiger partial charge < -0.3 is 5.73 Å². The highest BCUT2D eigenvalue weighted by atomic mass is 35.5. The van der Waals surface area contributed by atoms with Crippen LogP contribution >= 0.6 is 23.2 Å². The van der Waals surface area contributed by atoms with E-state index in [4.69, 9.17) is 28.9 Å². The van der Waals surface area contributed by atoms with Crippen LogP contribution in [0, 0.1) is 0 Å². The van der Waals surface area contributed by atoms with Gasteiger partial charge in [-0.25, -0.2) is 5.01 Å². The van der Waals surface area contributed by atoms with Gasteiger partial charge in [-0.3, -0.25) is 10.2 Å². The number of amides is 1. The van der Waals surface area contributed by atoms with Crippen LogP contribution in [0.1, 0.15) is 43.5 Å². The Labute approximate surface area is 129 Å². The van der Waals surface area contributed by atoms with Crippen LogP contribution in [0.15, 0.2) is 12.1 Å². The normalized spacial score (nSPS) is 23.6. The van der Waals surface area contributed by atoms with E-state index in [1.54, 1.807) is 6.07 Å². The van der Waals surface area contributed by atoms with E-state index in [2.05, 4.69) is 19.3 Å². The van der Waals surface area contributed by atoms with Gasteiger partial charge in [0.2, 0.25) is 0 Å². The first-order valence-electron chi connectivity index (χ1n) is 6.74. The summed E-state index contributed by atoms with van der Waals surface area (Å²) in [6.45, 7) is 4.20. The van der Waals surface area contributed by atoms with Crippen LogP contribution in [0.2, 0.25) is 10.0 Å². The van der Waals surface area contributed by atoms with Crippen molar-refractivity contribution in [3.05, 3.63) is 27.7 Å². The van der Waals surface area contributed by atoms with Gasteiger partial charge in [0, 0.05) is 17.8 Å². The molecule has 1 aromatic rings. The molecule has 0 bridgehead atoms. The van der Waals surface area contributed by atoms with Crippen molar-refractivity contribution in [1.29, 1.82) is 0 Å². The summed E-state index contributed by atoms with van der Waals surface area (Å²) >= 11 is 12.0. The van der Waals surface area contributed by atoms with E-state index in [1.165, 1.54) is 12.5 Å². The third-order valence-electron chi connectivity index (χ3n) is 3.72. The van der Waals surface area contributed by atoms with Gasteiger partial charge in [-0.05, 0) is 38.8 Å². The van der Waals surface area contributed by atoms with Gasteiger partial charge in [-0.1, -0.05) is 29.6 Å². The zero-order chi connectivity index (χ0) is 14.9. The third kappa shape index (κ3) is 3.19. The van der Waals surface area contributed by atoms with Gasteiger partial charge in [-0.15, -0.1) is 0 Å². The summed E-state index contributed by atoms with van der Waals surface area (Å²) in [5.74, 6) is -0.273. The molecule has 1 aliphatic heterocycles. The first-order chi connectivity index (χ1) is 9.40. The highest BCUT2D eigenvalue weighted by molar-refractivity contribution is 6.44.